The molecule has 1 aromatic carbocycles. The molecule has 0 saturated carbocycles. The second-order valence-corrected chi connectivity index (χ2v) is 4.91. The minimum absolute atomic E-state index is 0.0322. The molecule has 1 aromatic heterocycles. The van der Waals surface area contributed by atoms with Crippen LogP contribution in [0.25, 0.3) is 0 Å². The maximum atomic E-state index is 11.3. The van der Waals surface area contributed by atoms with Gasteiger partial charge in [0.05, 0.1) is 5.69 Å². The van der Waals surface area contributed by atoms with E-state index in [2.05, 4.69) is 5.32 Å². The zero-order valence-corrected chi connectivity index (χ0v) is 11.2. The fraction of sp³-hybridized carbons (Fsp3) is 0.154. The number of hydrogen-bond acceptors (Lipinski definition) is 3. The first-order valence-corrected chi connectivity index (χ1v) is 6.41. The van der Waals surface area contributed by atoms with Crippen LogP contribution in [0.2, 0.25) is 5.22 Å². The number of anilines is 1. The molecule has 0 saturated heterocycles. The van der Waals surface area contributed by atoms with Gasteiger partial charge in [-0.15, -0.1) is 11.6 Å². The lowest BCUT2D eigenvalue weighted by Crippen LogP contribution is -2.25. The highest BCUT2D eigenvalue weighted by molar-refractivity contribution is 6.29. The van der Waals surface area contributed by atoms with Crippen molar-refractivity contribution < 1.29 is 13.9 Å². The molecule has 1 unspecified atom stereocenters. The summed E-state index contributed by atoms with van der Waals surface area (Å²) >= 11 is 12.0. The van der Waals surface area contributed by atoms with E-state index in [4.69, 9.17) is 32.4 Å². The van der Waals surface area contributed by atoms with Gasteiger partial charge in [-0.05, 0) is 41.4 Å². The Labute approximate surface area is 119 Å². The molecule has 0 fully saturated rings. The summed E-state index contributed by atoms with van der Waals surface area (Å²) in [6.07, 6.45) is 0. The van der Waals surface area contributed by atoms with Crippen LogP contribution in [0.1, 0.15) is 16.7 Å². The maximum absolute atomic E-state index is 11.3. The summed E-state index contributed by atoms with van der Waals surface area (Å²) in [6.45, 7) is 0.0322. The molecule has 6 heteroatoms. The van der Waals surface area contributed by atoms with Gasteiger partial charge in [-0.2, -0.15) is 0 Å². The van der Waals surface area contributed by atoms with Gasteiger partial charge in [-0.1, -0.05) is 6.07 Å². The number of benzene rings is 1. The van der Waals surface area contributed by atoms with Gasteiger partial charge in [0.25, 0.3) is 5.91 Å². The monoisotopic (exact) mass is 297 g/mol. The zero-order valence-electron chi connectivity index (χ0n) is 9.65. The van der Waals surface area contributed by atoms with Gasteiger partial charge in [0.2, 0.25) is 0 Å². The van der Waals surface area contributed by atoms with Gasteiger partial charge in [0.15, 0.2) is 11.8 Å². The highest BCUT2D eigenvalue weighted by atomic mass is 35.5. The molecule has 0 aliphatic carbocycles. The Morgan fingerprint density at radius 2 is 2.11 bits per heavy atom. The smallest absolute Gasteiger partial charge is 0.262 e. The Kier molecular flexibility index (Phi) is 3.12. The largest absolute Gasteiger partial charge is 0.482 e. The number of nitrogens with one attached hydrogen (secondary N) is 1. The van der Waals surface area contributed by atoms with Crippen molar-refractivity contribution in [3.8, 4) is 5.75 Å². The topological polar surface area (TPSA) is 51.5 Å². The molecule has 0 spiro atoms. The fourth-order valence-corrected chi connectivity index (χ4v) is 2.29. The number of amides is 1. The number of halogens is 2. The van der Waals surface area contributed by atoms with Crippen LogP contribution in [0.4, 0.5) is 5.69 Å². The molecule has 1 aliphatic rings. The number of furan rings is 1. The third-order valence-corrected chi connectivity index (χ3v) is 3.44. The van der Waals surface area contributed by atoms with Crippen molar-refractivity contribution >= 4 is 34.8 Å². The standard InChI is InChI=1S/C13H9Cl2NO3/c14-11-4-3-10(19-11)13(15)7-1-2-9-8(5-7)16-12(17)6-18-9/h1-5,13H,6H2,(H,16,17). The van der Waals surface area contributed by atoms with Gasteiger partial charge in [0, 0.05) is 0 Å². The van der Waals surface area contributed by atoms with Crippen molar-refractivity contribution in [1.82, 2.24) is 0 Å². The second kappa shape index (κ2) is 4.79. The molecule has 4 nitrogen and oxygen atoms in total. The Balaban J connectivity index is 1.93. The van der Waals surface area contributed by atoms with Gasteiger partial charge < -0.3 is 14.5 Å². The van der Waals surface area contributed by atoms with E-state index < -0.39 is 5.38 Å². The molecule has 1 N–H and O–H groups in total. The van der Waals surface area contributed by atoms with Crippen molar-refractivity contribution in [3.63, 3.8) is 0 Å². The third-order valence-electron chi connectivity index (χ3n) is 2.77. The average molecular weight is 298 g/mol. The first-order chi connectivity index (χ1) is 9.13. The Hall–Kier alpha value is -1.65. The van der Waals surface area contributed by atoms with E-state index >= 15 is 0 Å². The Morgan fingerprint density at radius 3 is 2.84 bits per heavy atom. The van der Waals surface area contributed by atoms with Gasteiger partial charge >= 0.3 is 0 Å². The van der Waals surface area contributed by atoms with Gasteiger partial charge in [-0.25, -0.2) is 0 Å². The molecule has 2 aromatic rings. The van der Waals surface area contributed by atoms with Crippen LogP contribution >= 0.6 is 23.2 Å². The highest BCUT2D eigenvalue weighted by Gasteiger charge is 2.20. The minimum atomic E-state index is -0.475. The zero-order chi connectivity index (χ0) is 13.4. The van der Waals surface area contributed by atoms with Crippen LogP contribution in [0, 0.1) is 0 Å². The molecular weight excluding hydrogens is 289 g/mol. The number of fused-ring (bicyclic) bond motifs is 1. The Morgan fingerprint density at radius 1 is 1.26 bits per heavy atom. The SMILES string of the molecule is O=C1COc2ccc(C(Cl)c3ccc(Cl)o3)cc2N1. The number of hydrogen-bond donors (Lipinski definition) is 1. The summed E-state index contributed by atoms with van der Waals surface area (Å²) in [5.74, 6) is 0.996. The average Bonchev–Trinajstić information content (AvgIpc) is 2.83. The molecule has 0 bridgehead atoms. The molecule has 1 amide bonds. The summed E-state index contributed by atoms with van der Waals surface area (Å²) in [6, 6.07) is 8.71. The van der Waals surface area contributed by atoms with E-state index in [-0.39, 0.29) is 17.7 Å². The summed E-state index contributed by atoms with van der Waals surface area (Å²) in [4.78, 5) is 11.3. The number of rotatable bonds is 2. The summed E-state index contributed by atoms with van der Waals surface area (Å²) < 4.78 is 10.6. The normalized spacial score (nSPS) is 15.4. The van der Waals surface area contributed by atoms with Crippen molar-refractivity contribution in [3.05, 3.63) is 46.9 Å². The minimum Gasteiger partial charge on any atom is -0.482 e. The summed E-state index contributed by atoms with van der Waals surface area (Å²) in [7, 11) is 0. The number of ether oxygens (including phenoxy) is 1. The van der Waals surface area contributed by atoms with E-state index in [0.29, 0.717) is 17.2 Å². The maximum Gasteiger partial charge on any atom is 0.262 e. The van der Waals surface area contributed by atoms with E-state index in [1.807, 2.05) is 6.07 Å². The lowest BCUT2D eigenvalue weighted by Gasteiger charge is -2.19. The molecule has 2 heterocycles. The predicted octanol–water partition coefficient (Wildman–Crippen LogP) is 3.59. The lowest BCUT2D eigenvalue weighted by molar-refractivity contribution is -0.118. The molecule has 0 radical (unpaired) electrons. The summed E-state index contributed by atoms with van der Waals surface area (Å²) in [5, 5.41) is 2.54. The molecule has 19 heavy (non-hydrogen) atoms. The molecule has 3 rings (SSSR count). The predicted molar refractivity (Wildman–Crippen MR) is 72.0 cm³/mol. The summed E-state index contributed by atoms with van der Waals surface area (Å²) in [5.41, 5.74) is 1.40. The second-order valence-electron chi connectivity index (χ2n) is 4.10. The molecule has 98 valence electrons. The van der Waals surface area contributed by atoms with Crippen LogP contribution in [0.3, 0.4) is 0 Å². The van der Waals surface area contributed by atoms with E-state index in [0.717, 1.165) is 5.56 Å². The van der Waals surface area contributed by atoms with Gasteiger partial charge in [0.1, 0.15) is 16.9 Å². The van der Waals surface area contributed by atoms with E-state index in [1.54, 1.807) is 24.3 Å². The highest BCUT2D eigenvalue weighted by Crippen LogP contribution is 2.36. The van der Waals surface area contributed by atoms with Crippen LogP contribution in [-0.4, -0.2) is 12.5 Å². The van der Waals surface area contributed by atoms with Crippen molar-refractivity contribution in [1.29, 1.82) is 0 Å². The van der Waals surface area contributed by atoms with Crippen molar-refractivity contribution in [2.75, 3.05) is 11.9 Å². The number of carbonyl (C=O) groups excluding carboxylic acids is 1. The third kappa shape index (κ3) is 2.41. The first-order valence-electron chi connectivity index (χ1n) is 5.59. The lowest BCUT2D eigenvalue weighted by atomic mass is 10.1. The molecule has 1 atom stereocenters. The van der Waals surface area contributed by atoms with Crippen LogP contribution < -0.4 is 10.1 Å². The molecular formula is C13H9Cl2NO3. The van der Waals surface area contributed by atoms with E-state index in [9.17, 15) is 4.79 Å². The Bertz CT molecular complexity index is 639. The van der Waals surface area contributed by atoms with Crippen molar-refractivity contribution in [2.24, 2.45) is 0 Å². The van der Waals surface area contributed by atoms with Crippen molar-refractivity contribution in [2.45, 2.75) is 5.38 Å². The molecule has 1 aliphatic heterocycles. The fourth-order valence-electron chi connectivity index (χ4n) is 1.89. The van der Waals surface area contributed by atoms with Crippen LogP contribution in [0.5, 0.6) is 5.75 Å². The van der Waals surface area contributed by atoms with Crippen LogP contribution in [-0.2, 0) is 4.79 Å². The van der Waals surface area contributed by atoms with Gasteiger partial charge in [-0.3, -0.25) is 4.79 Å². The van der Waals surface area contributed by atoms with E-state index in [1.165, 1.54) is 0 Å². The quantitative estimate of drug-likeness (QED) is 0.862. The van der Waals surface area contributed by atoms with Crippen LogP contribution in [0.15, 0.2) is 34.7 Å². The first kappa shape index (κ1) is 12.4. The number of carbonyl (C=O) groups is 1. The number of alkyl halides is 1.